The first kappa shape index (κ1) is 15.7. The monoisotopic (exact) mass is 282 g/mol. The fourth-order valence-corrected chi connectivity index (χ4v) is 1.73. The summed E-state index contributed by atoms with van der Waals surface area (Å²) < 4.78 is 5.35. The predicted molar refractivity (Wildman–Crippen MR) is 74.2 cm³/mol. The topological polar surface area (TPSA) is 102 Å². The van der Waals surface area contributed by atoms with Gasteiger partial charge in [-0.25, -0.2) is 0 Å². The Morgan fingerprint density at radius 2 is 2.25 bits per heavy atom. The Kier molecular flexibility index (Phi) is 5.76. The average molecular weight is 282 g/mol. The number of aliphatic carboxylic acids is 1. The number of ether oxygens (including phenoxy) is 1. The highest BCUT2D eigenvalue weighted by molar-refractivity contribution is 5.71. The lowest BCUT2D eigenvalue weighted by atomic mass is 10.2. The number of anilines is 1. The number of hydrogen-bond acceptors (Lipinski definition) is 5. The molecule has 0 heterocycles. The second-order valence-corrected chi connectivity index (χ2v) is 4.40. The number of rotatable bonds is 8. The van der Waals surface area contributed by atoms with Crippen molar-refractivity contribution in [2.75, 3.05) is 11.9 Å². The summed E-state index contributed by atoms with van der Waals surface area (Å²) in [5, 5.41) is 22.7. The zero-order valence-corrected chi connectivity index (χ0v) is 11.5. The molecule has 2 N–H and O–H groups in total. The van der Waals surface area contributed by atoms with Crippen LogP contribution in [-0.4, -0.2) is 28.6 Å². The lowest BCUT2D eigenvalue weighted by molar-refractivity contribution is -0.385. The lowest BCUT2D eigenvalue weighted by Crippen LogP contribution is -2.20. The zero-order chi connectivity index (χ0) is 15.1. The maximum absolute atomic E-state index is 11.2. The molecule has 1 unspecified atom stereocenters. The van der Waals surface area contributed by atoms with Crippen LogP contribution >= 0.6 is 0 Å². The van der Waals surface area contributed by atoms with E-state index in [0.717, 1.165) is 6.42 Å². The molecule has 7 nitrogen and oxygen atoms in total. The van der Waals surface area contributed by atoms with E-state index in [4.69, 9.17) is 9.84 Å². The van der Waals surface area contributed by atoms with E-state index in [1.54, 1.807) is 13.0 Å². The van der Waals surface area contributed by atoms with Gasteiger partial charge < -0.3 is 15.2 Å². The van der Waals surface area contributed by atoms with Gasteiger partial charge in [0.15, 0.2) is 5.75 Å². The van der Waals surface area contributed by atoms with Crippen molar-refractivity contribution in [2.24, 2.45) is 0 Å². The number of para-hydroxylation sites is 1. The summed E-state index contributed by atoms with van der Waals surface area (Å²) in [6.07, 6.45) is 0.613. The van der Waals surface area contributed by atoms with E-state index in [2.05, 4.69) is 5.32 Å². The van der Waals surface area contributed by atoms with Crippen LogP contribution in [0.15, 0.2) is 18.2 Å². The molecule has 0 saturated carbocycles. The van der Waals surface area contributed by atoms with Gasteiger partial charge in [-0.1, -0.05) is 13.0 Å². The molecule has 0 saturated heterocycles. The predicted octanol–water partition coefficient (Wildman–Crippen LogP) is 2.66. The first-order chi connectivity index (χ1) is 9.45. The molecular formula is C13H18N2O5. The zero-order valence-electron chi connectivity index (χ0n) is 11.5. The van der Waals surface area contributed by atoms with Crippen molar-refractivity contribution in [3.63, 3.8) is 0 Å². The molecule has 7 heteroatoms. The maximum Gasteiger partial charge on any atom is 0.333 e. The summed E-state index contributed by atoms with van der Waals surface area (Å²) in [5.74, 6) is -0.782. The third-order valence-electron chi connectivity index (χ3n) is 2.53. The first-order valence-electron chi connectivity index (χ1n) is 6.34. The van der Waals surface area contributed by atoms with Crippen LogP contribution in [0.1, 0.15) is 26.7 Å². The molecule has 110 valence electrons. The molecule has 0 radical (unpaired) electrons. The van der Waals surface area contributed by atoms with Gasteiger partial charge in [0.2, 0.25) is 0 Å². The third-order valence-corrected chi connectivity index (χ3v) is 2.53. The average Bonchev–Trinajstić information content (AvgIpc) is 2.34. The number of benzene rings is 1. The van der Waals surface area contributed by atoms with Crippen LogP contribution in [0, 0.1) is 10.1 Å². The quantitative estimate of drug-likeness (QED) is 0.561. The number of hydrogen-bond donors (Lipinski definition) is 2. The Balaban J connectivity index is 2.99. The summed E-state index contributed by atoms with van der Waals surface area (Å²) in [6, 6.07) is 4.27. The van der Waals surface area contributed by atoms with E-state index >= 15 is 0 Å². The number of carbonyl (C=O) groups is 1. The van der Waals surface area contributed by atoms with Crippen LogP contribution < -0.4 is 10.1 Å². The normalized spacial score (nSPS) is 11.7. The van der Waals surface area contributed by atoms with Gasteiger partial charge in [-0.15, -0.1) is 0 Å². The number of nitro groups is 1. The summed E-state index contributed by atoms with van der Waals surface area (Å²) >= 11 is 0. The van der Waals surface area contributed by atoms with Crippen LogP contribution in [0.2, 0.25) is 0 Å². The van der Waals surface area contributed by atoms with E-state index in [0.29, 0.717) is 6.61 Å². The second kappa shape index (κ2) is 7.32. The molecule has 0 bridgehead atoms. The Hall–Kier alpha value is -2.31. The molecule has 0 aliphatic heterocycles. The van der Waals surface area contributed by atoms with Crippen molar-refractivity contribution < 1.29 is 19.6 Å². The summed E-state index contributed by atoms with van der Waals surface area (Å²) in [4.78, 5) is 21.3. The van der Waals surface area contributed by atoms with Gasteiger partial charge in [0, 0.05) is 6.04 Å². The molecule has 0 fully saturated rings. The van der Waals surface area contributed by atoms with Gasteiger partial charge in [-0.2, -0.15) is 0 Å². The molecule has 1 atom stereocenters. The van der Waals surface area contributed by atoms with Crippen LogP contribution in [0.3, 0.4) is 0 Å². The van der Waals surface area contributed by atoms with Crippen molar-refractivity contribution in [2.45, 2.75) is 32.7 Å². The van der Waals surface area contributed by atoms with E-state index in [9.17, 15) is 14.9 Å². The van der Waals surface area contributed by atoms with E-state index in [1.807, 2.05) is 6.92 Å². The van der Waals surface area contributed by atoms with Crippen molar-refractivity contribution in [1.29, 1.82) is 0 Å². The highest BCUT2D eigenvalue weighted by atomic mass is 16.6. The summed E-state index contributed by atoms with van der Waals surface area (Å²) in [6.45, 7) is 3.94. The molecule has 1 aromatic carbocycles. The smallest absolute Gasteiger partial charge is 0.333 e. The number of nitro benzene ring substituents is 1. The molecule has 0 amide bonds. The lowest BCUT2D eigenvalue weighted by Gasteiger charge is -2.14. The van der Waals surface area contributed by atoms with Crippen LogP contribution in [0.5, 0.6) is 5.75 Å². The van der Waals surface area contributed by atoms with Crippen LogP contribution in [0.25, 0.3) is 0 Å². The largest absolute Gasteiger partial charge is 0.487 e. The van der Waals surface area contributed by atoms with Gasteiger partial charge in [0.05, 0.1) is 18.0 Å². The Labute approximate surface area is 116 Å². The Morgan fingerprint density at radius 1 is 1.55 bits per heavy atom. The van der Waals surface area contributed by atoms with Gasteiger partial charge in [-0.05, 0) is 25.5 Å². The van der Waals surface area contributed by atoms with Crippen molar-refractivity contribution in [3.05, 3.63) is 28.3 Å². The minimum Gasteiger partial charge on any atom is -0.487 e. The molecule has 0 aliphatic carbocycles. The fourth-order valence-electron chi connectivity index (χ4n) is 1.73. The minimum atomic E-state index is -0.967. The van der Waals surface area contributed by atoms with Crippen molar-refractivity contribution in [3.8, 4) is 5.75 Å². The highest BCUT2D eigenvalue weighted by Crippen LogP contribution is 2.35. The summed E-state index contributed by atoms with van der Waals surface area (Å²) in [7, 11) is 0. The number of carboxylic acid groups (broad SMARTS) is 1. The van der Waals surface area contributed by atoms with Gasteiger partial charge in [0.25, 0.3) is 0 Å². The fraction of sp³-hybridized carbons (Fsp3) is 0.462. The van der Waals surface area contributed by atoms with Gasteiger partial charge in [0.1, 0.15) is 5.69 Å². The van der Waals surface area contributed by atoms with Crippen LogP contribution in [-0.2, 0) is 4.79 Å². The molecule has 0 aliphatic rings. The first-order valence-corrected chi connectivity index (χ1v) is 6.34. The second-order valence-electron chi connectivity index (χ2n) is 4.40. The van der Waals surface area contributed by atoms with Crippen LogP contribution in [0.4, 0.5) is 11.4 Å². The molecule has 0 aromatic heterocycles. The standard InChI is InChI=1S/C13H18N2O5/c1-3-7-20-11-6-4-5-10(13(11)15(18)19)14-9(2)8-12(16)17/h4-6,9,14H,3,7-8H2,1-2H3,(H,16,17). The van der Waals surface area contributed by atoms with Crippen molar-refractivity contribution in [1.82, 2.24) is 0 Å². The van der Waals surface area contributed by atoms with E-state index in [-0.39, 0.29) is 23.5 Å². The number of carboxylic acids is 1. The highest BCUT2D eigenvalue weighted by Gasteiger charge is 2.22. The SMILES string of the molecule is CCCOc1cccc(NC(C)CC(=O)O)c1[N+](=O)[O-]. The van der Waals surface area contributed by atoms with Crippen molar-refractivity contribution >= 4 is 17.3 Å². The summed E-state index contributed by atoms with van der Waals surface area (Å²) in [5.41, 5.74) is 0.0931. The third kappa shape index (κ3) is 4.42. The van der Waals surface area contributed by atoms with Gasteiger partial charge in [-0.3, -0.25) is 14.9 Å². The minimum absolute atomic E-state index is 0.128. The molecule has 20 heavy (non-hydrogen) atoms. The Bertz CT molecular complexity index is 490. The molecule has 1 aromatic rings. The molecule has 1 rings (SSSR count). The maximum atomic E-state index is 11.2. The van der Waals surface area contributed by atoms with E-state index in [1.165, 1.54) is 12.1 Å². The Morgan fingerprint density at radius 3 is 2.80 bits per heavy atom. The van der Waals surface area contributed by atoms with Gasteiger partial charge >= 0.3 is 11.7 Å². The molecular weight excluding hydrogens is 264 g/mol. The number of nitrogens with one attached hydrogen (secondary N) is 1. The number of nitrogens with zero attached hydrogens (tertiary/aromatic N) is 1. The van der Waals surface area contributed by atoms with E-state index < -0.39 is 16.9 Å². The molecule has 0 spiro atoms.